The fraction of sp³-hybridized carbons (Fsp3) is 0.556. The molecule has 1 aliphatic heterocycles. The van der Waals surface area contributed by atoms with Crippen LogP contribution in [0.25, 0.3) is 0 Å². The monoisotopic (exact) mass is 414 g/mol. The van der Waals surface area contributed by atoms with Crippen LogP contribution in [0.4, 0.5) is 0 Å². The Labute approximate surface area is 164 Å². The molecule has 1 atom stereocenters. The number of carbonyl (C=O) groups is 2. The van der Waals surface area contributed by atoms with Crippen LogP contribution in [0.3, 0.4) is 0 Å². The van der Waals surface area contributed by atoms with Gasteiger partial charge in [0.2, 0.25) is 10.0 Å². The average Bonchev–Trinajstić information content (AvgIpc) is 3.20. The maximum Gasteiger partial charge on any atom is 0.328 e. The highest BCUT2D eigenvalue weighted by molar-refractivity contribution is 7.98. The van der Waals surface area contributed by atoms with E-state index in [1.807, 2.05) is 6.26 Å². The second-order valence-corrected chi connectivity index (χ2v) is 9.34. The lowest BCUT2D eigenvalue weighted by Crippen LogP contribution is -2.42. The first-order valence-electron chi connectivity index (χ1n) is 8.79. The predicted molar refractivity (Wildman–Crippen MR) is 105 cm³/mol. The van der Waals surface area contributed by atoms with Crippen molar-refractivity contribution in [3.05, 3.63) is 29.3 Å². The van der Waals surface area contributed by atoms with Crippen molar-refractivity contribution in [2.45, 2.75) is 37.1 Å². The highest BCUT2D eigenvalue weighted by Crippen LogP contribution is 2.23. The maximum absolute atomic E-state index is 12.8. The van der Waals surface area contributed by atoms with Crippen LogP contribution < -0.4 is 5.32 Å². The van der Waals surface area contributed by atoms with Gasteiger partial charge in [-0.15, -0.1) is 0 Å². The van der Waals surface area contributed by atoms with Crippen molar-refractivity contribution in [3.8, 4) is 0 Å². The van der Waals surface area contributed by atoms with Crippen LogP contribution in [-0.4, -0.2) is 62.8 Å². The van der Waals surface area contributed by atoms with E-state index in [1.54, 1.807) is 24.8 Å². The molecule has 1 aromatic rings. The number of carbonyl (C=O) groups excluding carboxylic acids is 2. The smallest absolute Gasteiger partial charge is 0.328 e. The molecule has 0 bridgehead atoms. The highest BCUT2D eigenvalue weighted by atomic mass is 32.2. The van der Waals surface area contributed by atoms with Crippen LogP contribution in [-0.2, 0) is 19.6 Å². The second-order valence-electron chi connectivity index (χ2n) is 6.42. The summed E-state index contributed by atoms with van der Waals surface area (Å²) >= 11 is 1.56. The van der Waals surface area contributed by atoms with Crippen molar-refractivity contribution >= 4 is 33.7 Å². The van der Waals surface area contributed by atoms with Gasteiger partial charge in [-0.1, -0.05) is 6.07 Å². The van der Waals surface area contributed by atoms with Gasteiger partial charge in [0.15, 0.2) is 0 Å². The quantitative estimate of drug-likeness (QED) is 0.652. The molecule has 0 aliphatic carbocycles. The van der Waals surface area contributed by atoms with E-state index in [0.29, 0.717) is 30.8 Å². The summed E-state index contributed by atoms with van der Waals surface area (Å²) in [4.78, 5) is 24.7. The lowest BCUT2D eigenvalue weighted by atomic mass is 10.1. The van der Waals surface area contributed by atoms with E-state index in [1.165, 1.54) is 23.5 Å². The lowest BCUT2D eigenvalue weighted by molar-refractivity contribution is -0.142. The van der Waals surface area contributed by atoms with Gasteiger partial charge < -0.3 is 10.1 Å². The van der Waals surface area contributed by atoms with Crippen molar-refractivity contribution < 1.29 is 22.7 Å². The van der Waals surface area contributed by atoms with Gasteiger partial charge in [-0.2, -0.15) is 16.1 Å². The van der Waals surface area contributed by atoms with Gasteiger partial charge in [-0.3, -0.25) is 4.79 Å². The Morgan fingerprint density at radius 2 is 1.96 bits per heavy atom. The van der Waals surface area contributed by atoms with Gasteiger partial charge in [-0.25, -0.2) is 13.2 Å². The van der Waals surface area contributed by atoms with Gasteiger partial charge in [-0.05, 0) is 55.9 Å². The van der Waals surface area contributed by atoms with Crippen molar-refractivity contribution in [1.82, 2.24) is 9.62 Å². The summed E-state index contributed by atoms with van der Waals surface area (Å²) < 4.78 is 31.7. The summed E-state index contributed by atoms with van der Waals surface area (Å²) in [6.07, 6.45) is 4.03. The molecular formula is C18H26N2O5S2. The standard InChI is InChI=1S/C18H26N2O5S2/c1-13-6-7-14(27(23,24)20-9-4-5-10-20)12-15(13)17(21)19-16(8-11-26-3)18(22)25-2/h6-7,12,16H,4-5,8-11H2,1-3H3,(H,19,21)/t16-/m0/s1. The van der Waals surface area contributed by atoms with Crippen LogP contribution in [0.5, 0.6) is 0 Å². The number of nitrogens with one attached hydrogen (secondary N) is 1. The SMILES string of the molecule is COC(=O)[C@H](CCSC)NC(=O)c1cc(S(=O)(=O)N2CCCC2)ccc1C. The molecule has 1 N–H and O–H groups in total. The number of rotatable bonds is 8. The number of hydrogen-bond acceptors (Lipinski definition) is 6. The van der Waals surface area contributed by atoms with Crippen LogP contribution in [0, 0.1) is 6.92 Å². The van der Waals surface area contributed by atoms with Crippen LogP contribution in [0.15, 0.2) is 23.1 Å². The number of ether oxygens (including phenoxy) is 1. The lowest BCUT2D eigenvalue weighted by Gasteiger charge is -2.19. The zero-order valence-electron chi connectivity index (χ0n) is 15.9. The molecule has 1 aliphatic rings. The molecule has 1 saturated heterocycles. The number of aryl methyl sites for hydroxylation is 1. The van der Waals surface area contributed by atoms with Crippen LogP contribution in [0.2, 0.25) is 0 Å². The summed E-state index contributed by atoms with van der Waals surface area (Å²) in [7, 11) is -2.34. The maximum atomic E-state index is 12.8. The minimum absolute atomic E-state index is 0.0962. The Morgan fingerprint density at radius 1 is 1.30 bits per heavy atom. The van der Waals surface area contributed by atoms with E-state index >= 15 is 0 Å². The van der Waals surface area contributed by atoms with Crippen molar-refractivity contribution in [2.24, 2.45) is 0 Å². The first kappa shape index (κ1) is 21.7. The molecule has 1 fully saturated rings. The Balaban J connectivity index is 2.26. The first-order chi connectivity index (χ1) is 12.8. The second kappa shape index (κ2) is 9.57. The Kier molecular flexibility index (Phi) is 7.69. The molecule has 0 radical (unpaired) electrons. The summed E-state index contributed by atoms with van der Waals surface area (Å²) in [5.74, 6) is -0.319. The molecule has 7 nitrogen and oxygen atoms in total. The molecular weight excluding hydrogens is 388 g/mol. The number of hydrogen-bond donors (Lipinski definition) is 1. The number of benzene rings is 1. The molecule has 0 unspecified atom stereocenters. The van der Waals surface area contributed by atoms with Gasteiger partial charge in [0, 0.05) is 18.7 Å². The molecule has 0 aromatic heterocycles. The Hall–Kier alpha value is -1.58. The minimum Gasteiger partial charge on any atom is -0.467 e. The van der Waals surface area contributed by atoms with Crippen LogP contribution >= 0.6 is 11.8 Å². The van der Waals surface area contributed by atoms with E-state index < -0.39 is 27.9 Å². The molecule has 150 valence electrons. The third kappa shape index (κ3) is 5.24. The zero-order chi connectivity index (χ0) is 20.0. The summed E-state index contributed by atoms with van der Waals surface area (Å²) in [6, 6.07) is 3.76. The number of nitrogens with zero attached hydrogens (tertiary/aromatic N) is 1. The molecule has 2 rings (SSSR count). The molecule has 0 saturated carbocycles. The van der Waals surface area contributed by atoms with Crippen LogP contribution in [0.1, 0.15) is 35.2 Å². The number of thioether (sulfide) groups is 1. The average molecular weight is 415 g/mol. The number of sulfonamides is 1. The van der Waals surface area contributed by atoms with E-state index in [2.05, 4.69) is 5.32 Å². The Bertz CT molecular complexity index is 789. The van der Waals surface area contributed by atoms with E-state index in [-0.39, 0.29) is 10.5 Å². The largest absolute Gasteiger partial charge is 0.467 e. The van der Waals surface area contributed by atoms with E-state index in [0.717, 1.165) is 12.8 Å². The van der Waals surface area contributed by atoms with E-state index in [9.17, 15) is 18.0 Å². The number of methoxy groups -OCH3 is 1. The fourth-order valence-corrected chi connectivity index (χ4v) is 4.96. The van der Waals surface area contributed by atoms with E-state index in [4.69, 9.17) is 4.74 Å². The molecule has 9 heteroatoms. The molecule has 1 heterocycles. The normalized spacial score (nSPS) is 16.1. The third-order valence-electron chi connectivity index (χ3n) is 4.56. The first-order valence-corrected chi connectivity index (χ1v) is 11.6. The van der Waals surface area contributed by atoms with Gasteiger partial charge in [0.1, 0.15) is 6.04 Å². The van der Waals surface area contributed by atoms with Crippen molar-refractivity contribution in [2.75, 3.05) is 32.2 Å². The Morgan fingerprint density at radius 3 is 2.56 bits per heavy atom. The number of amides is 1. The molecule has 27 heavy (non-hydrogen) atoms. The predicted octanol–water partition coefficient (Wildman–Crippen LogP) is 1.80. The van der Waals surface area contributed by atoms with Gasteiger partial charge in [0.05, 0.1) is 12.0 Å². The fourth-order valence-electron chi connectivity index (χ4n) is 2.95. The molecule has 0 spiro atoms. The zero-order valence-corrected chi connectivity index (χ0v) is 17.5. The van der Waals surface area contributed by atoms with Crippen molar-refractivity contribution in [1.29, 1.82) is 0 Å². The highest BCUT2D eigenvalue weighted by Gasteiger charge is 2.29. The summed E-state index contributed by atoms with van der Waals surface area (Å²) in [5, 5.41) is 2.67. The molecule has 1 aromatic carbocycles. The number of esters is 1. The van der Waals surface area contributed by atoms with Gasteiger partial charge >= 0.3 is 5.97 Å². The third-order valence-corrected chi connectivity index (χ3v) is 7.10. The summed E-state index contributed by atoms with van der Waals surface area (Å²) in [6.45, 7) is 2.73. The topological polar surface area (TPSA) is 92.8 Å². The summed E-state index contributed by atoms with van der Waals surface area (Å²) in [5.41, 5.74) is 0.884. The van der Waals surface area contributed by atoms with Gasteiger partial charge in [0.25, 0.3) is 5.91 Å². The minimum atomic E-state index is -3.62. The molecule has 1 amide bonds. The van der Waals surface area contributed by atoms with Crippen molar-refractivity contribution in [3.63, 3.8) is 0 Å².